The number of pyridine rings is 2. The smallest absolute Gasteiger partial charge is 0.250 e. The van der Waals surface area contributed by atoms with Crippen LogP contribution in [0.15, 0.2) is 58.4 Å². The quantitative estimate of drug-likeness (QED) is 0.554. The molecule has 0 bridgehead atoms. The molecule has 0 aliphatic heterocycles. The van der Waals surface area contributed by atoms with Gasteiger partial charge in [0, 0.05) is 35.6 Å². The van der Waals surface area contributed by atoms with E-state index in [1.54, 1.807) is 41.1 Å². The fraction of sp³-hybridized carbons (Fsp3) is 0.130. The molecule has 31 heavy (non-hydrogen) atoms. The van der Waals surface area contributed by atoms with Gasteiger partial charge in [0.25, 0.3) is 5.56 Å². The van der Waals surface area contributed by atoms with Gasteiger partial charge in [-0.15, -0.1) is 0 Å². The van der Waals surface area contributed by atoms with Gasteiger partial charge in [-0.05, 0) is 32.0 Å². The largest absolute Gasteiger partial charge is 0.343 e. The number of rotatable bonds is 3. The summed E-state index contributed by atoms with van der Waals surface area (Å²) in [6, 6.07) is 13.8. The molecule has 150 valence electrons. The van der Waals surface area contributed by atoms with Crippen molar-refractivity contribution in [3.8, 4) is 34.7 Å². The number of aromatic nitrogens is 4. The molecule has 0 fully saturated rings. The molecule has 0 aliphatic rings. The van der Waals surface area contributed by atoms with Crippen molar-refractivity contribution in [1.29, 1.82) is 10.5 Å². The summed E-state index contributed by atoms with van der Waals surface area (Å²) in [4.78, 5) is 36.9. The fourth-order valence-electron chi connectivity index (χ4n) is 3.30. The minimum Gasteiger partial charge on any atom is -0.343 e. The van der Waals surface area contributed by atoms with Crippen LogP contribution in [0.2, 0.25) is 0 Å². The maximum atomic E-state index is 12.7. The average Bonchev–Trinajstić information content (AvgIpc) is 2.79. The molecule has 4 rings (SSSR count). The van der Waals surface area contributed by atoms with Crippen molar-refractivity contribution in [2.45, 2.75) is 19.9 Å². The van der Waals surface area contributed by atoms with Crippen molar-refractivity contribution in [3.63, 3.8) is 0 Å². The lowest BCUT2D eigenvalue weighted by atomic mass is 10.0. The molecule has 0 spiro atoms. The SMILES string of the molecule is CC(C)n1cc(-c2nc3c(=O)c(C#N)c[nH]c3nc2-c2cccc(C#N)c2)ccc1=O. The van der Waals surface area contributed by atoms with E-state index in [0.717, 1.165) is 0 Å². The Balaban J connectivity index is 2.10. The summed E-state index contributed by atoms with van der Waals surface area (Å²) in [5, 5.41) is 18.5. The highest BCUT2D eigenvalue weighted by molar-refractivity contribution is 5.85. The first-order valence-electron chi connectivity index (χ1n) is 9.49. The molecule has 3 heterocycles. The molecule has 0 unspecified atom stereocenters. The predicted molar refractivity (Wildman–Crippen MR) is 115 cm³/mol. The number of fused-ring (bicyclic) bond motifs is 1. The lowest BCUT2D eigenvalue weighted by Gasteiger charge is -2.14. The zero-order chi connectivity index (χ0) is 22.1. The number of benzene rings is 1. The topological polar surface area (TPSA) is 128 Å². The highest BCUT2D eigenvalue weighted by Gasteiger charge is 2.18. The summed E-state index contributed by atoms with van der Waals surface area (Å²) in [7, 11) is 0. The van der Waals surface area contributed by atoms with Crippen molar-refractivity contribution < 1.29 is 0 Å². The predicted octanol–water partition coefficient (Wildman–Crippen LogP) is 3.14. The van der Waals surface area contributed by atoms with E-state index in [1.165, 1.54) is 12.3 Å². The Morgan fingerprint density at radius 1 is 1.00 bits per heavy atom. The number of nitrogens with zero attached hydrogens (tertiary/aromatic N) is 5. The van der Waals surface area contributed by atoms with Crippen molar-refractivity contribution >= 4 is 11.2 Å². The molecule has 8 heteroatoms. The van der Waals surface area contributed by atoms with Crippen LogP contribution in [0.4, 0.5) is 0 Å². The molecule has 4 aromatic rings. The van der Waals surface area contributed by atoms with Crippen molar-refractivity contribution in [2.24, 2.45) is 0 Å². The van der Waals surface area contributed by atoms with Crippen LogP contribution < -0.4 is 11.0 Å². The summed E-state index contributed by atoms with van der Waals surface area (Å²) in [6.07, 6.45) is 2.97. The normalized spacial score (nSPS) is 10.7. The van der Waals surface area contributed by atoms with Crippen LogP contribution >= 0.6 is 0 Å². The zero-order valence-electron chi connectivity index (χ0n) is 16.7. The molecule has 0 aliphatic carbocycles. The monoisotopic (exact) mass is 408 g/mol. The first-order chi connectivity index (χ1) is 14.9. The maximum absolute atomic E-state index is 12.7. The Morgan fingerprint density at radius 3 is 2.48 bits per heavy atom. The van der Waals surface area contributed by atoms with Gasteiger partial charge in [-0.2, -0.15) is 10.5 Å². The lowest BCUT2D eigenvalue weighted by molar-refractivity contribution is 0.579. The Kier molecular flexibility index (Phi) is 4.90. The second-order valence-electron chi connectivity index (χ2n) is 7.21. The highest BCUT2D eigenvalue weighted by atomic mass is 16.1. The minimum atomic E-state index is -0.528. The number of hydrogen-bond acceptors (Lipinski definition) is 6. The molecule has 0 atom stereocenters. The molecule has 1 N–H and O–H groups in total. The third-order valence-electron chi connectivity index (χ3n) is 4.86. The molecular formula is C23H16N6O2. The van der Waals surface area contributed by atoms with Gasteiger partial charge in [0.05, 0.1) is 23.0 Å². The van der Waals surface area contributed by atoms with Gasteiger partial charge in [0.1, 0.15) is 11.6 Å². The molecular weight excluding hydrogens is 392 g/mol. The Morgan fingerprint density at radius 2 is 1.77 bits per heavy atom. The van der Waals surface area contributed by atoms with Crippen molar-refractivity contribution in [3.05, 3.63) is 80.5 Å². The number of H-pyrrole nitrogens is 1. The second-order valence-corrected chi connectivity index (χ2v) is 7.21. The summed E-state index contributed by atoms with van der Waals surface area (Å²) in [5.41, 5.74) is 1.97. The van der Waals surface area contributed by atoms with E-state index in [9.17, 15) is 20.1 Å². The van der Waals surface area contributed by atoms with Crippen LogP contribution in [-0.2, 0) is 0 Å². The summed E-state index contributed by atoms with van der Waals surface area (Å²) in [5.74, 6) is 0. The molecule has 0 saturated heterocycles. The molecule has 0 amide bonds. The summed E-state index contributed by atoms with van der Waals surface area (Å²) < 4.78 is 1.56. The van der Waals surface area contributed by atoms with Crippen LogP contribution in [0.25, 0.3) is 33.7 Å². The zero-order valence-corrected chi connectivity index (χ0v) is 16.7. The van der Waals surface area contributed by atoms with Crippen LogP contribution in [-0.4, -0.2) is 19.5 Å². The van der Waals surface area contributed by atoms with Gasteiger partial charge in [0.2, 0.25) is 5.43 Å². The average molecular weight is 408 g/mol. The van der Waals surface area contributed by atoms with Gasteiger partial charge in [0.15, 0.2) is 11.2 Å². The lowest BCUT2D eigenvalue weighted by Crippen LogP contribution is -2.20. The Bertz CT molecular complexity index is 1530. The molecule has 8 nitrogen and oxygen atoms in total. The third-order valence-corrected chi connectivity index (χ3v) is 4.86. The van der Waals surface area contributed by atoms with E-state index < -0.39 is 5.43 Å². The van der Waals surface area contributed by atoms with Gasteiger partial charge in [-0.25, -0.2) is 9.97 Å². The second kappa shape index (κ2) is 7.69. The number of nitrogens with one attached hydrogen (secondary N) is 1. The van der Waals surface area contributed by atoms with Crippen molar-refractivity contribution in [2.75, 3.05) is 0 Å². The fourth-order valence-corrected chi connectivity index (χ4v) is 3.30. The van der Waals surface area contributed by atoms with Crippen LogP contribution in [0.5, 0.6) is 0 Å². The summed E-state index contributed by atoms with van der Waals surface area (Å²) >= 11 is 0. The maximum Gasteiger partial charge on any atom is 0.250 e. The number of aromatic amines is 1. The molecule has 1 aromatic carbocycles. The van der Waals surface area contributed by atoms with Gasteiger partial charge in [-0.3, -0.25) is 9.59 Å². The number of hydrogen-bond donors (Lipinski definition) is 1. The van der Waals surface area contributed by atoms with Crippen LogP contribution in [0, 0.1) is 22.7 Å². The molecule has 3 aromatic heterocycles. The summed E-state index contributed by atoms with van der Waals surface area (Å²) in [6.45, 7) is 3.77. The van der Waals surface area contributed by atoms with Crippen LogP contribution in [0.3, 0.4) is 0 Å². The van der Waals surface area contributed by atoms with Gasteiger partial charge >= 0.3 is 0 Å². The highest BCUT2D eigenvalue weighted by Crippen LogP contribution is 2.30. The van der Waals surface area contributed by atoms with Crippen LogP contribution in [0.1, 0.15) is 31.0 Å². The first kappa shape index (κ1) is 19.7. The van der Waals surface area contributed by atoms with E-state index in [-0.39, 0.29) is 28.3 Å². The van der Waals surface area contributed by atoms with Crippen molar-refractivity contribution in [1.82, 2.24) is 19.5 Å². The first-order valence-corrected chi connectivity index (χ1v) is 9.49. The Hall–Kier alpha value is -4.56. The van der Waals surface area contributed by atoms with Gasteiger partial charge < -0.3 is 9.55 Å². The number of nitriles is 2. The van der Waals surface area contributed by atoms with E-state index in [1.807, 2.05) is 19.9 Å². The standard InChI is InChI=1S/C23H16N6O2/c1-13(2)29-12-16(6-7-18(29)30)20-19(15-5-3-4-14(8-15)9-24)28-23-21(27-20)22(31)17(10-25)11-26-23/h3-8,11-13H,1-2H3,(H,26,28,31). The molecule has 0 radical (unpaired) electrons. The Labute approximate surface area is 176 Å². The van der Waals surface area contributed by atoms with E-state index in [4.69, 9.17) is 0 Å². The van der Waals surface area contributed by atoms with E-state index in [2.05, 4.69) is 21.0 Å². The third kappa shape index (κ3) is 3.47. The van der Waals surface area contributed by atoms with Gasteiger partial charge in [-0.1, -0.05) is 12.1 Å². The molecule has 0 saturated carbocycles. The minimum absolute atomic E-state index is 0.0246. The van der Waals surface area contributed by atoms with E-state index >= 15 is 0 Å². The van der Waals surface area contributed by atoms with E-state index in [0.29, 0.717) is 28.1 Å².